The van der Waals surface area contributed by atoms with Gasteiger partial charge in [-0.2, -0.15) is 0 Å². The standard InChI is InChI=1S/C54H34N2O/c1-3-13-35(14-4-1)37-17-11-18-41(31-37)55-48-22-9-7-19-42(48)46-32-38(26-29-50(46)55)39-27-30-51-47(33-39)43-20-8-10-23-49(43)56(51)52-24-12-21-45-44-28-25-40(34-53(44)57-54(45)52)36-15-5-2-6-16-36/h1-34H. The highest BCUT2D eigenvalue weighted by molar-refractivity contribution is 6.14. The number of aromatic nitrogens is 2. The Kier molecular flexibility index (Phi) is 6.93. The molecule has 0 unspecified atom stereocenters. The van der Waals surface area contributed by atoms with Gasteiger partial charge in [0.1, 0.15) is 5.58 Å². The minimum Gasteiger partial charge on any atom is -0.454 e. The highest BCUT2D eigenvalue weighted by Crippen LogP contribution is 2.41. The van der Waals surface area contributed by atoms with E-state index in [1.54, 1.807) is 0 Å². The molecular formula is C54H34N2O. The molecule has 0 radical (unpaired) electrons. The van der Waals surface area contributed by atoms with Crippen LogP contribution in [0.3, 0.4) is 0 Å². The van der Waals surface area contributed by atoms with Crippen LogP contribution in [-0.2, 0) is 0 Å². The van der Waals surface area contributed by atoms with Gasteiger partial charge in [-0.15, -0.1) is 0 Å². The third-order valence-electron chi connectivity index (χ3n) is 11.7. The lowest BCUT2D eigenvalue weighted by molar-refractivity contribution is 0.666. The summed E-state index contributed by atoms with van der Waals surface area (Å²) in [6.45, 7) is 0. The first-order valence-electron chi connectivity index (χ1n) is 19.5. The number of benzene rings is 9. The Morgan fingerprint density at radius 3 is 1.46 bits per heavy atom. The number of furan rings is 1. The average molecular weight is 727 g/mol. The van der Waals surface area contributed by atoms with Crippen LogP contribution in [0, 0.1) is 0 Å². The van der Waals surface area contributed by atoms with Crippen molar-refractivity contribution >= 4 is 65.6 Å². The van der Waals surface area contributed by atoms with Crippen molar-refractivity contribution in [2.75, 3.05) is 0 Å². The SMILES string of the molecule is c1ccc(-c2cccc(-n3c4ccccc4c4cc(-c5ccc6c(c5)c5ccccc5n6-c5cccc6c5oc5cc(-c7ccccc7)ccc56)ccc43)c2)cc1. The van der Waals surface area contributed by atoms with Crippen molar-refractivity contribution in [1.29, 1.82) is 0 Å². The molecule has 3 aromatic heterocycles. The molecule has 3 nitrogen and oxygen atoms in total. The Hall–Kier alpha value is -7.62. The van der Waals surface area contributed by atoms with Crippen LogP contribution in [-0.4, -0.2) is 9.13 Å². The third kappa shape index (κ3) is 4.92. The van der Waals surface area contributed by atoms with Crippen LogP contribution >= 0.6 is 0 Å². The van der Waals surface area contributed by atoms with Crippen LogP contribution in [0.25, 0.3) is 110 Å². The Labute approximate surface area is 328 Å². The first-order chi connectivity index (χ1) is 28.3. The van der Waals surface area contributed by atoms with E-state index in [-0.39, 0.29) is 0 Å². The van der Waals surface area contributed by atoms with E-state index in [9.17, 15) is 0 Å². The Bertz CT molecular complexity index is 3510. The molecule has 0 aliphatic rings. The van der Waals surface area contributed by atoms with Crippen molar-refractivity contribution in [3.8, 4) is 44.8 Å². The molecule has 3 heteroatoms. The van der Waals surface area contributed by atoms with Gasteiger partial charge in [0.05, 0.1) is 27.8 Å². The van der Waals surface area contributed by atoms with Crippen LogP contribution in [0.4, 0.5) is 0 Å². The lowest BCUT2D eigenvalue weighted by Crippen LogP contribution is -1.94. The summed E-state index contributed by atoms with van der Waals surface area (Å²) in [5.41, 5.74) is 15.8. The highest BCUT2D eigenvalue weighted by atomic mass is 16.3. The number of hydrogen-bond donors (Lipinski definition) is 0. The summed E-state index contributed by atoms with van der Waals surface area (Å²) in [6.07, 6.45) is 0. The number of rotatable bonds is 5. The van der Waals surface area contributed by atoms with Crippen molar-refractivity contribution in [3.05, 3.63) is 206 Å². The molecule has 0 saturated heterocycles. The fourth-order valence-electron chi connectivity index (χ4n) is 9.07. The maximum absolute atomic E-state index is 6.78. The van der Waals surface area contributed by atoms with Crippen molar-refractivity contribution in [3.63, 3.8) is 0 Å². The Morgan fingerprint density at radius 1 is 0.281 bits per heavy atom. The van der Waals surface area contributed by atoms with Crippen LogP contribution in [0.5, 0.6) is 0 Å². The van der Waals surface area contributed by atoms with Gasteiger partial charge in [0.2, 0.25) is 0 Å². The van der Waals surface area contributed by atoms with Gasteiger partial charge < -0.3 is 13.6 Å². The molecule has 0 bridgehead atoms. The largest absolute Gasteiger partial charge is 0.454 e. The van der Waals surface area contributed by atoms with Crippen molar-refractivity contribution in [2.24, 2.45) is 0 Å². The Balaban J connectivity index is 1.01. The molecule has 0 amide bonds. The molecule has 0 spiro atoms. The Morgan fingerprint density at radius 2 is 0.772 bits per heavy atom. The van der Waals surface area contributed by atoms with Gasteiger partial charge in [-0.05, 0) is 100 Å². The predicted octanol–water partition coefficient (Wildman–Crippen LogP) is 14.8. The first-order valence-corrected chi connectivity index (χ1v) is 19.5. The van der Waals surface area contributed by atoms with E-state index in [1.165, 1.54) is 60.4 Å². The summed E-state index contributed by atoms with van der Waals surface area (Å²) in [5, 5.41) is 7.14. The normalized spacial score (nSPS) is 11.9. The van der Waals surface area contributed by atoms with Gasteiger partial charge in [-0.25, -0.2) is 0 Å². The molecule has 12 rings (SSSR count). The fourth-order valence-corrected chi connectivity index (χ4v) is 9.07. The van der Waals surface area contributed by atoms with E-state index in [4.69, 9.17) is 4.42 Å². The van der Waals surface area contributed by atoms with Crippen LogP contribution in [0.1, 0.15) is 0 Å². The maximum atomic E-state index is 6.78. The minimum absolute atomic E-state index is 0.889. The topological polar surface area (TPSA) is 23.0 Å². The summed E-state index contributed by atoms with van der Waals surface area (Å²) in [6, 6.07) is 74.4. The van der Waals surface area contributed by atoms with E-state index < -0.39 is 0 Å². The van der Waals surface area contributed by atoms with Crippen molar-refractivity contribution in [1.82, 2.24) is 9.13 Å². The predicted molar refractivity (Wildman–Crippen MR) is 239 cm³/mol. The molecule has 0 fully saturated rings. The number of para-hydroxylation sites is 3. The molecular weight excluding hydrogens is 693 g/mol. The van der Waals surface area contributed by atoms with Gasteiger partial charge in [-0.3, -0.25) is 0 Å². The zero-order valence-electron chi connectivity index (χ0n) is 30.9. The molecule has 0 aliphatic carbocycles. The van der Waals surface area contributed by atoms with Crippen LogP contribution in [0.15, 0.2) is 211 Å². The third-order valence-corrected chi connectivity index (χ3v) is 11.7. The second-order valence-corrected chi connectivity index (χ2v) is 14.9. The highest BCUT2D eigenvalue weighted by Gasteiger charge is 2.19. The van der Waals surface area contributed by atoms with Gasteiger partial charge in [0.25, 0.3) is 0 Å². The molecule has 0 aliphatic heterocycles. The van der Waals surface area contributed by atoms with Gasteiger partial charge in [-0.1, -0.05) is 140 Å². The zero-order chi connectivity index (χ0) is 37.5. The van der Waals surface area contributed by atoms with E-state index in [1.807, 2.05) is 0 Å². The minimum atomic E-state index is 0.889. The summed E-state index contributed by atoms with van der Waals surface area (Å²) in [7, 11) is 0. The molecule has 3 heterocycles. The summed E-state index contributed by atoms with van der Waals surface area (Å²) < 4.78 is 11.6. The summed E-state index contributed by atoms with van der Waals surface area (Å²) >= 11 is 0. The van der Waals surface area contributed by atoms with Crippen LogP contribution < -0.4 is 0 Å². The smallest absolute Gasteiger partial charge is 0.159 e. The van der Waals surface area contributed by atoms with Crippen LogP contribution in [0.2, 0.25) is 0 Å². The quantitative estimate of drug-likeness (QED) is 0.173. The van der Waals surface area contributed by atoms with Gasteiger partial charge in [0.15, 0.2) is 5.58 Å². The summed E-state index contributed by atoms with van der Waals surface area (Å²) in [4.78, 5) is 0. The number of fused-ring (bicyclic) bond motifs is 9. The number of nitrogens with zero attached hydrogens (tertiary/aromatic N) is 2. The van der Waals surface area contributed by atoms with Gasteiger partial charge >= 0.3 is 0 Å². The molecule has 0 atom stereocenters. The second kappa shape index (κ2) is 12.5. The van der Waals surface area contributed by atoms with E-state index >= 15 is 0 Å². The fraction of sp³-hybridized carbons (Fsp3) is 0. The van der Waals surface area contributed by atoms with E-state index in [2.05, 4.69) is 215 Å². The van der Waals surface area contributed by atoms with E-state index in [0.717, 1.165) is 49.9 Å². The molecule has 12 aromatic rings. The first kappa shape index (κ1) is 31.7. The molecule has 9 aromatic carbocycles. The molecule has 0 N–H and O–H groups in total. The van der Waals surface area contributed by atoms with Crippen molar-refractivity contribution in [2.45, 2.75) is 0 Å². The number of hydrogen-bond acceptors (Lipinski definition) is 1. The molecule has 57 heavy (non-hydrogen) atoms. The molecule has 266 valence electrons. The zero-order valence-corrected chi connectivity index (χ0v) is 30.9. The monoisotopic (exact) mass is 726 g/mol. The summed E-state index contributed by atoms with van der Waals surface area (Å²) in [5.74, 6) is 0. The van der Waals surface area contributed by atoms with Crippen molar-refractivity contribution < 1.29 is 4.42 Å². The lowest BCUT2D eigenvalue weighted by atomic mass is 10.0. The average Bonchev–Trinajstić information content (AvgIpc) is 3.94. The second-order valence-electron chi connectivity index (χ2n) is 14.9. The lowest BCUT2D eigenvalue weighted by Gasteiger charge is -2.11. The molecule has 0 saturated carbocycles. The maximum Gasteiger partial charge on any atom is 0.159 e. The van der Waals surface area contributed by atoms with E-state index in [0.29, 0.717) is 0 Å². The van der Waals surface area contributed by atoms with Gasteiger partial charge in [0, 0.05) is 38.0 Å².